The lowest BCUT2D eigenvalue weighted by molar-refractivity contribution is -0.154. The van der Waals surface area contributed by atoms with Gasteiger partial charge < -0.3 is 20.1 Å². The molecule has 0 saturated heterocycles. The van der Waals surface area contributed by atoms with Crippen molar-refractivity contribution in [3.8, 4) is 0 Å². The van der Waals surface area contributed by atoms with Crippen molar-refractivity contribution in [1.82, 2.24) is 0 Å². The first-order chi connectivity index (χ1) is 27.4. The van der Waals surface area contributed by atoms with Gasteiger partial charge in [0, 0.05) is 19.6 Å². The average molecular weight is 810 g/mol. The van der Waals surface area contributed by atoms with E-state index in [1.807, 2.05) is 0 Å². The van der Waals surface area contributed by atoms with Crippen molar-refractivity contribution in [2.75, 3.05) is 33.0 Å². The summed E-state index contributed by atoms with van der Waals surface area (Å²) in [6.07, 6.45) is 53.0. The highest BCUT2D eigenvalue weighted by Gasteiger charge is 2.25. The van der Waals surface area contributed by atoms with E-state index >= 15 is 0 Å². The molecule has 3 N–H and O–H groups in total. The molecule has 9 heteroatoms. The molecule has 0 bridgehead atoms. The maximum absolute atomic E-state index is 12.6. The highest BCUT2D eigenvalue weighted by atomic mass is 31.2. The van der Waals surface area contributed by atoms with Crippen LogP contribution >= 0.6 is 7.82 Å². The van der Waals surface area contributed by atoms with Crippen molar-refractivity contribution < 1.29 is 32.8 Å². The normalized spacial score (nSPS) is 13.9. The summed E-state index contributed by atoms with van der Waals surface area (Å²) in [5, 5.41) is 0. The van der Waals surface area contributed by atoms with Crippen LogP contribution in [0.5, 0.6) is 0 Å². The summed E-state index contributed by atoms with van der Waals surface area (Å²) in [6, 6.07) is 0. The molecule has 0 fully saturated rings. The predicted molar refractivity (Wildman–Crippen MR) is 238 cm³/mol. The van der Waals surface area contributed by atoms with Crippen LogP contribution in [0.3, 0.4) is 0 Å². The number of phosphoric ester groups is 1. The van der Waals surface area contributed by atoms with E-state index in [-0.39, 0.29) is 32.3 Å². The van der Waals surface area contributed by atoms with E-state index in [2.05, 4.69) is 62.5 Å². The average Bonchev–Trinajstić information content (AvgIpc) is 3.19. The van der Waals surface area contributed by atoms with Crippen LogP contribution in [0.15, 0.2) is 48.6 Å². The highest BCUT2D eigenvalue weighted by molar-refractivity contribution is 7.47. The number of hydrogen-bond acceptors (Lipinski definition) is 7. The fourth-order valence-corrected chi connectivity index (χ4v) is 7.18. The molecule has 0 aliphatic rings. The van der Waals surface area contributed by atoms with Crippen molar-refractivity contribution in [2.24, 2.45) is 5.73 Å². The van der Waals surface area contributed by atoms with Crippen molar-refractivity contribution in [3.63, 3.8) is 0 Å². The number of carbonyl (C=O) groups is 1. The summed E-state index contributed by atoms with van der Waals surface area (Å²) < 4.78 is 33.4. The Kier molecular flexibility index (Phi) is 43.3. The third kappa shape index (κ3) is 43.6. The van der Waals surface area contributed by atoms with Gasteiger partial charge in [-0.2, -0.15) is 0 Å². The Morgan fingerprint density at radius 1 is 0.554 bits per heavy atom. The topological polar surface area (TPSA) is 117 Å². The van der Waals surface area contributed by atoms with Gasteiger partial charge >= 0.3 is 13.8 Å². The van der Waals surface area contributed by atoms with Crippen molar-refractivity contribution >= 4 is 13.8 Å². The second-order valence-electron chi connectivity index (χ2n) is 15.2. The Morgan fingerprint density at radius 2 is 0.982 bits per heavy atom. The van der Waals surface area contributed by atoms with E-state index < -0.39 is 13.9 Å². The lowest BCUT2D eigenvalue weighted by Gasteiger charge is -2.20. The van der Waals surface area contributed by atoms with Crippen molar-refractivity contribution in [3.05, 3.63) is 48.6 Å². The van der Waals surface area contributed by atoms with E-state index in [0.29, 0.717) is 13.0 Å². The van der Waals surface area contributed by atoms with Crippen LogP contribution < -0.4 is 5.73 Å². The van der Waals surface area contributed by atoms with Gasteiger partial charge in [0.05, 0.1) is 19.8 Å². The molecular weight excluding hydrogens is 721 g/mol. The van der Waals surface area contributed by atoms with Crippen LogP contribution in [0, 0.1) is 0 Å². The third-order valence-electron chi connectivity index (χ3n) is 9.76. The van der Waals surface area contributed by atoms with Gasteiger partial charge in [-0.05, 0) is 44.9 Å². The number of phosphoric acid groups is 1. The van der Waals surface area contributed by atoms with Crippen LogP contribution in [-0.2, 0) is 27.9 Å². The number of hydrogen-bond donors (Lipinski definition) is 2. The minimum atomic E-state index is -4.29. The smallest absolute Gasteiger partial charge is 0.457 e. The zero-order chi connectivity index (χ0) is 40.9. The second-order valence-corrected chi connectivity index (χ2v) is 16.7. The molecule has 328 valence electrons. The molecule has 0 rings (SSSR count). The molecule has 56 heavy (non-hydrogen) atoms. The summed E-state index contributed by atoms with van der Waals surface area (Å²) in [6.45, 7) is 4.68. The fraction of sp³-hybridized carbons (Fsp3) is 0.809. The van der Waals surface area contributed by atoms with Crippen LogP contribution in [0.2, 0.25) is 0 Å². The van der Waals surface area contributed by atoms with Crippen molar-refractivity contribution in [2.45, 2.75) is 213 Å². The van der Waals surface area contributed by atoms with E-state index in [1.165, 1.54) is 128 Å². The van der Waals surface area contributed by atoms with Gasteiger partial charge in [0.1, 0.15) is 6.10 Å². The Balaban J connectivity index is 3.97. The maximum Gasteiger partial charge on any atom is 0.472 e. The standard InChI is InChI=1S/C47H88NO7P/c1-3-5-7-9-11-13-15-17-19-20-21-22-23-24-25-26-27-28-30-32-34-36-38-40-47(49)55-46(45-54-56(50,51)53-43-41-48)44-52-42-39-37-35-33-31-29-18-16-14-12-10-8-6-4-2/h6,8,12,14,18,29,33,35,46H,3-5,7,9-11,13,15-17,19-28,30-32,34,36-45,48H2,1-2H3,(H,50,51)/b8-6-,14-12-,29-18-,35-33-. The van der Waals surface area contributed by atoms with Gasteiger partial charge in [-0.25, -0.2) is 4.57 Å². The maximum atomic E-state index is 12.6. The molecule has 0 aromatic rings. The van der Waals surface area contributed by atoms with Crippen LogP contribution in [0.4, 0.5) is 0 Å². The Hall–Kier alpha value is -1.54. The molecule has 2 atom stereocenters. The Morgan fingerprint density at radius 3 is 1.43 bits per heavy atom. The molecule has 0 heterocycles. The van der Waals surface area contributed by atoms with Crippen LogP contribution in [0.1, 0.15) is 206 Å². The highest BCUT2D eigenvalue weighted by Crippen LogP contribution is 2.43. The van der Waals surface area contributed by atoms with E-state index in [9.17, 15) is 14.3 Å². The zero-order valence-electron chi connectivity index (χ0n) is 36.4. The summed E-state index contributed by atoms with van der Waals surface area (Å²) in [5.74, 6) is -0.346. The molecule has 0 aromatic heterocycles. The molecule has 0 spiro atoms. The first kappa shape index (κ1) is 54.5. The van der Waals surface area contributed by atoms with Gasteiger partial charge in [-0.3, -0.25) is 13.8 Å². The van der Waals surface area contributed by atoms with E-state index in [1.54, 1.807) is 0 Å². The summed E-state index contributed by atoms with van der Waals surface area (Å²) >= 11 is 0. The number of esters is 1. The SMILES string of the molecule is CC/C=C\C/C=C\C/C=C\C/C=C\CCCOCC(COP(=O)(O)OCCN)OC(=O)CCCCCCCCCCCCCCCCCCCCCCCCC. The lowest BCUT2D eigenvalue weighted by Crippen LogP contribution is -2.28. The first-order valence-electron chi connectivity index (χ1n) is 23.1. The first-order valence-corrected chi connectivity index (χ1v) is 24.6. The minimum absolute atomic E-state index is 0.0796. The van der Waals surface area contributed by atoms with Crippen LogP contribution in [-0.4, -0.2) is 49.9 Å². The monoisotopic (exact) mass is 810 g/mol. The molecule has 8 nitrogen and oxygen atoms in total. The molecule has 0 aromatic carbocycles. The third-order valence-corrected chi connectivity index (χ3v) is 10.7. The van der Waals surface area contributed by atoms with E-state index in [0.717, 1.165) is 57.8 Å². The Bertz CT molecular complexity index is 999. The molecule has 0 aliphatic carbocycles. The number of nitrogens with two attached hydrogens (primary N) is 1. The molecule has 0 amide bonds. The summed E-state index contributed by atoms with van der Waals surface area (Å²) in [7, 11) is -4.29. The van der Waals surface area contributed by atoms with Gasteiger partial charge in [0.2, 0.25) is 0 Å². The molecule has 0 radical (unpaired) electrons. The molecular formula is C47H88NO7P. The number of rotatable bonds is 44. The number of unbranched alkanes of at least 4 members (excludes halogenated alkanes) is 23. The van der Waals surface area contributed by atoms with Gasteiger partial charge in [-0.1, -0.05) is 204 Å². The Labute approximate surface area is 345 Å². The van der Waals surface area contributed by atoms with Gasteiger partial charge in [0.25, 0.3) is 0 Å². The van der Waals surface area contributed by atoms with Crippen LogP contribution in [0.25, 0.3) is 0 Å². The van der Waals surface area contributed by atoms with E-state index in [4.69, 9.17) is 24.3 Å². The van der Waals surface area contributed by atoms with Gasteiger partial charge in [-0.15, -0.1) is 0 Å². The zero-order valence-corrected chi connectivity index (χ0v) is 37.3. The summed E-state index contributed by atoms with van der Waals surface area (Å²) in [5.41, 5.74) is 5.37. The lowest BCUT2D eigenvalue weighted by atomic mass is 10.0. The fourth-order valence-electron chi connectivity index (χ4n) is 6.41. The van der Waals surface area contributed by atoms with Crippen molar-refractivity contribution in [1.29, 1.82) is 0 Å². The molecule has 2 unspecified atom stereocenters. The number of carbonyl (C=O) groups excluding carboxylic acids is 1. The van der Waals surface area contributed by atoms with Gasteiger partial charge in [0.15, 0.2) is 0 Å². The quantitative estimate of drug-likeness (QED) is 0.0270. The molecule has 0 aliphatic heterocycles. The predicted octanol–water partition coefficient (Wildman–Crippen LogP) is 14.0. The molecule has 0 saturated carbocycles. The second kappa shape index (κ2) is 44.6. The minimum Gasteiger partial charge on any atom is -0.457 e. The number of allylic oxidation sites excluding steroid dienone is 8. The summed E-state index contributed by atoms with van der Waals surface area (Å²) in [4.78, 5) is 22.5. The largest absolute Gasteiger partial charge is 0.472 e. The number of ether oxygens (including phenoxy) is 2.